The lowest BCUT2D eigenvalue weighted by Crippen LogP contribution is -2.34. The summed E-state index contributed by atoms with van der Waals surface area (Å²) < 4.78 is 5.38. The first-order valence-electron chi connectivity index (χ1n) is 9.97. The van der Waals surface area contributed by atoms with Crippen molar-refractivity contribution in [3.63, 3.8) is 0 Å². The highest BCUT2D eigenvalue weighted by Gasteiger charge is 2.11. The summed E-state index contributed by atoms with van der Waals surface area (Å²) in [4.78, 5) is 36.2. The average molecular weight is 429 g/mol. The van der Waals surface area contributed by atoms with Crippen molar-refractivity contribution in [2.45, 2.75) is 13.8 Å². The van der Waals surface area contributed by atoms with E-state index in [1.54, 1.807) is 54.6 Å². The number of carbonyl (C=O) groups is 3. The standard InChI is InChI=1S/C25H23N3O4/c1-17-6-5-8-20(14-17)24(30)26-16-23(29)28-27-15-19-10-12-21(13-11-19)32-25(31)22-9-4-3-7-18(22)2/h3-15H,16H2,1-2H3,(H,26,30)(H,28,29)/b27-15+. The highest BCUT2D eigenvalue weighted by Crippen LogP contribution is 2.15. The molecule has 0 saturated heterocycles. The van der Waals surface area contributed by atoms with Gasteiger partial charge in [0.2, 0.25) is 0 Å². The van der Waals surface area contributed by atoms with Crippen molar-refractivity contribution >= 4 is 24.0 Å². The quantitative estimate of drug-likeness (QED) is 0.260. The van der Waals surface area contributed by atoms with Crippen LogP contribution >= 0.6 is 0 Å². The fourth-order valence-electron chi connectivity index (χ4n) is 2.85. The van der Waals surface area contributed by atoms with Gasteiger partial charge in [0.25, 0.3) is 11.8 Å². The highest BCUT2D eigenvalue weighted by molar-refractivity contribution is 5.96. The number of hydrogen-bond donors (Lipinski definition) is 2. The Morgan fingerprint density at radius 3 is 2.41 bits per heavy atom. The van der Waals surface area contributed by atoms with E-state index in [1.165, 1.54) is 6.21 Å². The first-order valence-corrected chi connectivity index (χ1v) is 9.97. The molecule has 2 amide bonds. The number of aryl methyl sites for hydroxylation is 2. The molecule has 32 heavy (non-hydrogen) atoms. The van der Waals surface area contributed by atoms with E-state index in [0.29, 0.717) is 22.4 Å². The molecule has 3 aromatic carbocycles. The van der Waals surface area contributed by atoms with Crippen LogP contribution in [0.5, 0.6) is 5.75 Å². The number of hydrogen-bond acceptors (Lipinski definition) is 5. The molecule has 0 aliphatic heterocycles. The van der Waals surface area contributed by atoms with Crippen molar-refractivity contribution in [3.05, 3.63) is 101 Å². The summed E-state index contributed by atoms with van der Waals surface area (Å²) in [6.07, 6.45) is 1.45. The molecule has 2 N–H and O–H groups in total. The minimum absolute atomic E-state index is 0.197. The monoisotopic (exact) mass is 429 g/mol. The topological polar surface area (TPSA) is 96.9 Å². The van der Waals surface area contributed by atoms with E-state index < -0.39 is 11.9 Å². The maximum Gasteiger partial charge on any atom is 0.343 e. The zero-order chi connectivity index (χ0) is 22.9. The Labute approximate surface area is 186 Å². The van der Waals surface area contributed by atoms with Gasteiger partial charge in [-0.15, -0.1) is 0 Å². The second-order valence-corrected chi connectivity index (χ2v) is 7.12. The number of esters is 1. The molecule has 0 spiro atoms. The van der Waals surface area contributed by atoms with Crippen molar-refractivity contribution in [1.29, 1.82) is 0 Å². The van der Waals surface area contributed by atoms with Crippen LogP contribution < -0.4 is 15.5 Å². The molecule has 0 unspecified atom stereocenters. The SMILES string of the molecule is Cc1cccc(C(=O)NCC(=O)N/N=C/c2ccc(OC(=O)c3ccccc3C)cc2)c1. The van der Waals surface area contributed by atoms with Crippen LogP contribution in [0.15, 0.2) is 77.9 Å². The van der Waals surface area contributed by atoms with Crippen molar-refractivity contribution < 1.29 is 19.1 Å². The van der Waals surface area contributed by atoms with Gasteiger partial charge in [0.05, 0.1) is 18.3 Å². The Morgan fingerprint density at radius 2 is 1.69 bits per heavy atom. The van der Waals surface area contributed by atoms with Gasteiger partial charge in [-0.25, -0.2) is 10.2 Å². The molecular weight excluding hydrogens is 406 g/mol. The Morgan fingerprint density at radius 1 is 0.938 bits per heavy atom. The minimum Gasteiger partial charge on any atom is -0.423 e. The average Bonchev–Trinajstić information content (AvgIpc) is 2.79. The number of nitrogens with zero attached hydrogens (tertiary/aromatic N) is 1. The Hall–Kier alpha value is -4.26. The van der Waals surface area contributed by atoms with Crippen LogP contribution in [-0.4, -0.2) is 30.5 Å². The van der Waals surface area contributed by atoms with Crippen molar-refractivity contribution in [1.82, 2.24) is 10.7 Å². The van der Waals surface area contributed by atoms with Crippen LogP contribution in [0.3, 0.4) is 0 Å². The number of hydrazone groups is 1. The van der Waals surface area contributed by atoms with E-state index in [2.05, 4.69) is 15.8 Å². The van der Waals surface area contributed by atoms with Gasteiger partial charge in [-0.1, -0.05) is 35.9 Å². The smallest absolute Gasteiger partial charge is 0.343 e. The second-order valence-electron chi connectivity index (χ2n) is 7.12. The third kappa shape index (κ3) is 6.37. The summed E-state index contributed by atoms with van der Waals surface area (Å²) in [6.45, 7) is 3.54. The van der Waals surface area contributed by atoms with Crippen molar-refractivity contribution in [2.75, 3.05) is 6.54 Å². The van der Waals surface area contributed by atoms with Crippen LogP contribution in [0.4, 0.5) is 0 Å². The molecule has 0 aliphatic carbocycles. The third-order valence-corrected chi connectivity index (χ3v) is 4.55. The predicted octanol–water partition coefficient (Wildman–Crippen LogP) is 3.40. The fourth-order valence-corrected chi connectivity index (χ4v) is 2.85. The summed E-state index contributed by atoms with van der Waals surface area (Å²) >= 11 is 0. The molecule has 0 heterocycles. The second kappa shape index (κ2) is 10.7. The summed E-state index contributed by atoms with van der Waals surface area (Å²) in [5.74, 6) is -0.808. The van der Waals surface area contributed by atoms with Crippen LogP contribution in [0.25, 0.3) is 0 Å². The molecular formula is C25H23N3O4. The molecule has 0 fully saturated rings. The summed E-state index contributed by atoms with van der Waals surface area (Å²) in [6, 6.07) is 21.0. The maximum absolute atomic E-state index is 12.3. The molecule has 0 radical (unpaired) electrons. The van der Waals surface area contributed by atoms with Crippen molar-refractivity contribution in [3.8, 4) is 5.75 Å². The van der Waals surface area contributed by atoms with Gasteiger partial charge in [-0.3, -0.25) is 9.59 Å². The molecule has 162 valence electrons. The number of amides is 2. The lowest BCUT2D eigenvalue weighted by molar-refractivity contribution is -0.120. The number of nitrogens with one attached hydrogen (secondary N) is 2. The fraction of sp³-hybridized carbons (Fsp3) is 0.120. The summed E-state index contributed by atoms with van der Waals surface area (Å²) in [5.41, 5.74) is 5.85. The lowest BCUT2D eigenvalue weighted by Gasteiger charge is -2.06. The van der Waals surface area contributed by atoms with E-state index in [4.69, 9.17) is 4.74 Å². The summed E-state index contributed by atoms with van der Waals surface area (Å²) in [5, 5.41) is 6.42. The van der Waals surface area contributed by atoms with Gasteiger partial charge < -0.3 is 10.1 Å². The number of ether oxygens (including phenoxy) is 1. The van der Waals surface area contributed by atoms with E-state index in [-0.39, 0.29) is 12.5 Å². The van der Waals surface area contributed by atoms with Gasteiger partial charge >= 0.3 is 5.97 Å². The molecule has 3 rings (SSSR count). The number of benzene rings is 3. The number of rotatable bonds is 7. The molecule has 0 atom stereocenters. The lowest BCUT2D eigenvalue weighted by atomic mass is 10.1. The first-order chi connectivity index (χ1) is 15.4. The van der Waals surface area contributed by atoms with Gasteiger partial charge in [0.15, 0.2) is 0 Å². The van der Waals surface area contributed by atoms with Gasteiger partial charge in [0, 0.05) is 5.56 Å². The van der Waals surface area contributed by atoms with Crippen LogP contribution in [0.2, 0.25) is 0 Å². The van der Waals surface area contributed by atoms with Crippen LogP contribution in [-0.2, 0) is 4.79 Å². The Kier molecular flexibility index (Phi) is 7.48. The molecule has 3 aromatic rings. The first kappa shape index (κ1) is 22.4. The zero-order valence-corrected chi connectivity index (χ0v) is 17.8. The molecule has 7 nitrogen and oxygen atoms in total. The molecule has 0 aromatic heterocycles. The molecule has 0 aliphatic rings. The van der Waals surface area contributed by atoms with E-state index in [9.17, 15) is 14.4 Å². The van der Waals surface area contributed by atoms with E-state index in [1.807, 2.05) is 32.0 Å². The summed E-state index contributed by atoms with van der Waals surface area (Å²) in [7, 11) is 0. The van der Waals surface area contributed by atoms with Gasteiger partial charge in [0.1, 0.15) is 5.75 Å². The Balaban J connectivity index is 1.46. The minimum atomic E-state index is -0.453. The van der Waals surface area contributed by atoms with Crippen LogP contribution in [0, 0.1) is 13.8 Å². The third-order valence-electron chi connectivity index (χ3n) is 4.55. The van der Waals surface area contributed by atoms with Crippen LogP contribution in [0.1, 0.15) is 37.4 Å². The zero-order valence-electron chi connectivity index (χ0n) is 17.8. The van der Waals surface area contributed by atoms with Crippen molar-refractivity contribution in [2.24, 2.45) is 5.10 Å². The predicted molar refractivity (Wildman–Crippen MR) is 122 cm³/mol. The maximum atomic E-state index is 12.3. The van der Waals surface area contributed by atoms with E-state index >= 15 is 0 Å². The van der Waals surface area contributed by atoms with E-state index in [0.717, 1.165) is 11.1 Å². The molecule has 0 saturated carbocycles. The molecule has 7 heteroatoms. The normalized spacial score (nSPS) is 10.6. The molecule has 0 bridgehead atoms. The largest absolute Gasteiger partial charge is 0.423 e. The highest BCUT2D eigenvalue weighted by atomic mass is 16.5. The van der Waals surface area contributed by atoms with Gasteiger partial charge in [-0.2, -0.15) is 5.10 Å². The number of carbonyl (C=O) groups excluding carboxylic acids is 3. The Bertz CT molecular complexity index is 1150. The van der Waals surface area contributed by atoms with Gasteiger partial charge in [-0.05, 0) is 67.4 Å².